The molecule has 0 fully saturated rings. The van der Waals surface area contributed by atoms with Crippen LogP contribution in [0.1, 0.15) is 25.8 Å². The summed E-state index contributed by atoms with van der Waals surface area (Å²) in [5.41, 5.74) is 7.03. The number of carbonyl (C=O) groups is 1. The molecule has 1 amide bonds. The number of hydrogen-bond acceptors (Lipinski definition) is 3. The van der Waals surface area contributed by atoms with Gasteiger partial charge in [0, 0.05) is 6.04 Å². The second-order valence-electron chi connectivity index (χ2n) is 4.69. The fourth-order valence-corrected chi connectivity index (χ4v) is 2.60. The van der Waals surface area contributed by atoms with Gasteiger partial charge in [0.05, 0.1) is 6.04 Å². The lowest BCUT2D eigenvalue weighted by molar-refractivity contribution is -0.122. The van der Waals surface area contributed by atoms with Crippen LogP contribution in [0.2, 0.25) is 0 Å². The number of thioether (sulfide) groups is 1. The number of amides is 1. The van der Waals surface area contributed by atoms with Crippen LogP contribution in [0, 0.1) is 0 Å². The average Bonchev–Trinajstić information content (AvgIpc) is 2.40. The Morgan fingerprint density at radius 2 is 2.05 bits per heavy atom. The summed E-state index contributed by atoms with van der Waals surface area (Å²) in [6, 6.07) is 9.60. The molecule has 0 aliphatic carbocycles. The molecule has 0 saturated heterocycles. The highest BCUT2D eigenvalue weighted by atomic mass is 32.2. The van der Waals surface area contributed by atoms with Crippen LogP contribution in [0.4, 0.5) is 0 Å². The summed E-state index contributed by atoms with van der Waals surface area (Å²) < 4.78 is 0. The number of carbonyl (C=O) groups excluding carboxylic acids is 1. The minimum atomic E-state index is -0.469. The van der Waals surface area contributed by atoms with Crippen LogP contribution in [-0.4, -0.2) is 29.5 Å². The molecule has 1 aromatic rings. The van der Waals surface area contributed by atoms with Crippen molar-refractivity contribution >= 4 is 17.7 Å². The van der Waals surface area contributed by atoms with Gasteiger partial charge in [-0.25, -0.2) is 0 Å². The van der Waals surface area contributed by atoms with Crippen LogP contribution in [0.25, 0.3) is 0 Å². The lowest BCUT2D eigenvalue weighted by Crippen LogP contribution is -2.45. The van der Waals surface area contributed by atoms with Crippen molar-refractivity contribution < 1.29 is 4.79 Å². The molecule has 0 saturated carbocycles. The summed E-state index contributed by atoms with van der Waals surface area (Å²) in [5.74, 6) is 2.14. The fourth-order valence-electron chi connectivity index (χ4n) is 1.79. The molecule has 1 rings (SSSR count). The molecule has 2 atom stereocenters. The Morgan fingerprint density at radius 3 is 2.68 bits per heavy atom. The van der Waals surface area contributed by atoms with Gasteiger partial charge in [-0.3, -0.25) is 4.79 Å². The van der Waals surface area contributed by atoms with Crippen molar-refractivity contribution in [2.75, 3.05) is 11.5 Å². The van der Waals surface area contributed by atoms with Gasteiger partial charge in [0.2, 0.25) is 5.91 Å². The number of hydrogen-bond donors (Lipinski definition) is 2. The second kappa shape index (κ2) is 8.99. The third-order valence-electron chi connectivity index (χ3n) is 2.92. The molecule has 0 aliphatic rings. The number of benzene rings is 1. The molecule has 4 heteroatoms. The molecule has 106 valence electrons. The fraction of sp³-hybridized carbons (Fsp3) is 0.533. The highest BCUT2D eigenvalue weighted by molar-refractivity contribution is 7.99. The first-order valence-electron chi connectivity index (χ1n) is 6.81. The van der Waals surface area contributed by atoms with Crippen molar-refractivity contribution in [2.24, 2.45) is 5.73 Å². The zero-order valence-corrected chi connectivity index (χ0v) is 12.6. The van der Waals surface area contributed by atoms with Gasteiger partial charge in [-0.2, -0.15) is 11.8 Å². The monoisotopic (exact) mass is 280 g/mol. The molecule has 0 spiro atoms. The molecule has 0 radical (unpaired) electrons. The van der Waals surface area contributed by atoms with E-state index in [-0.39, 0.29) is 11.9 Å². The van der Waals surface area contributed by atoms with Crippen LogP contribution in [0.3, 0.4) is 0 Å². The van der Waals surface area contributed by atoms with E-state index < -0.39 is 6.04 Å². The smallest absolute Gasteiger partial charge is 0.237 e. The Bertz CT molecular complexity index is 370. The number of rotatable bonds is 8. The third kappa shape index (κ3) is 6.64. The Hall–Kier alpha value is -1.00. The normalized spacial score (nSPS) is 13.8. The van der Waals surface area contributed by atoms with Crippen molar-refractivity contribution in [3.8, 4) is 0 Å². The van der Waals surface area contributed by atoms with Gasteiger partial charge >= 0.3 is 0 Å². The van der Waals surface area contributed by atoms with Crippen LogP contribution in [0.15, 0.2) is 30.3 Å². The van der Waals surface area contributed by atoms with E-state index in [4.69, 9.17) is 5.73 Å². The largest absolute Gasteiger partial charge is 0.352 e. The predicted octanol–water partition coefficient (Wildman–Crippen LogP) is 2.20. The van der Waals surface area contributed by atoms with Gasteiger partial charge in [0.1, 0.15) is 0 Å². The molecule has 0 aromatic heterocycles. The van der Waals surface area contributed by atoms with Crippen LogP contribution >= 0.6 is 11.8 Å². The quantitative estimate of drug-likeness (QED) is 0.718. The zero-order valence-electron chi connectivity index (χ0n) is 11.8. The van der Waals surface area contributed by atoms with Gasteiger partial charge < -0.3 is 11.1 Å². The maximum absolute atomic E-state index is 11.9. The van der Waals surface area contributed by atoms with E-state index in [1.165, 1.54) is 0 Å². The summed E-state index contributed by atoms with van der Waals surface area (Å²) in [6.07, 6.45) is 1.57. The number of nitrogens with two attached hydrogens (primary N) is 1. The molecular formula is C15H24N2OS. The van der Waals surface area contributed by atoms with E-state index in [2.05, 4.69) is 12.2 Å². The minimum Gasteiger partial charge on any atom is -0.352 e. The summed E-state index contributed by atoms with van der Waals surface area (Å²) in [5, 5.41) is 2.98. The van der Waals surface area contributed by atoms with E-state index in [1.54, 1.807) is 0 Å². The first-order valence-corrected chi connectivity index (χ1v) is 7.96. The highest BCUT2D eigenvalue weighted by Gasteiger charge is 2.15. The first kappa shape index (κ1) is 16.1. The summed E-state index contributed by atoms with van der Waals surface area (Å²) >= 11 is 1.89. The Balaban J connectivity index is 2.32. The Kier molecular flexibility index (Phi) is 7.60. The predicted molar refractivity (Wildman–Crippen MR) is 83.3 cm³/mol. The van der Waals surface area contributed by atoms with Gasteiger partial charge in [0.25, 0.3) is 0 Å². The SMILES string of the molecule is CCSCCC(C)NC(=O)C(N)Cc1ccccc1. The molecule has 0 heterocycles. The van der Waals surface area contributed by atoms with Gasteiger partial charge in [-0.05, 0) is 36.8 Å². The maximum atomic E-state index is 11.9. The summed E-state index contributed by atoms with van der Waals surface area (Å²) in [7, 11) is 0. The van der Waals surface area contributed by atoms with Gasteiger partial charge in [-0.1, -0.05) is 37.3 Å². The van der Waals surface area contributed by atoms with Crippen LogP contribution in [0.5, 0.6) is 0 Å². The standard InChI is InChI=1S/C15H24N2OS/c1-3-19-10-9-12(2)17-15(18)14(16)11-13-7-5-4-6-8-13/h4-8,12,14H,3,9-11,16H2,1-2H3,(H,17,18). The second-order valence-corrected chi connectivity index (χ2v) is 6.09. The molecule has 3 nitrogen and oxygen atoms in total. The van der Waals surface area contributed by atoms with Crippen molar-refractivity contribution in [3.63, 3.8) is 0 Å². The van der Waals surface area contributed by atoms with Gasteiger partial charge in [0.15, 0.2) is 0 Å². The Labute approximate surface area is 120 Å². The van der Waals surface area contributed by atoms with E-state index >= 15 is 0 Å². The van der Waals surface area contributed by atoms with Crippen LogP contribution in [-0.2, 0) is 11.2 Å². The van der Waals surface area contributed by atoms with E-state index in [0.717, 1.165) is 23.5 Å². The summed E-state index contributed by atoms with van der Waals surface area (Å²) in [6.45, 7) is 4.17. The van der Waals surface area contributed by atoms with Crippen molar-refractivity contribution in [1.29, 1.82) is 0 Å². The molecule has 1 aromatic carbocycles. The minimum absolute atomic E-state index is 0.0575. The lowest BCUT2D eigenvalue weighted by atomic mass is 10.1. The molecular weight excluding hydrogens is 256 g/mol. The molecule has 0 bridgehead atoms. The molecule has 2 unspecified atom stereocenters. The highest BCUT2D eigenvalue weighted by Crippen LogP contribution is 2.05. The molecule has 19 heavy (non-hydrogen) atoms. The van der Waals surface area contributed by atoms with Crippen LogP contribution < -0.4 is 11.1 Å². The zero-order chi connectivity index (χ0) is 14.1. The topological polar surface area (TPSA) is 55.1 Å². The third-order valence-corrected chi connectivity index (χ3v) is 3.86. The van der Waals surface area contributed by atoms with Gasteiger partial charge in [-0.15, -0.1) is 0 Å². The average molecular weight is 280 g/mol. The van der Waals surface area contributed by atoms with E-state index in [1.807, 2.05) is 49.0 Å². The molecule has 0 aliphatic heterocycles. The first-order chi connectivity index (χ1) is 9.13. The van der Waals surface area contributed by atoms with Crippen molar-refractivity contribution in [1.82, 2.24) is 5.32 Å². The van der Waals surface area contributed by atoms with Crippen molar-refractivity contribution in [3.05, 3.63) is 35.9 Å². The van der Waals surface area contributed by atoms with Crippen molar-refractivity contribution in [2.45, 2.75) is 38.8 Å². The van der Waals surface area contributed by atoms with E-state index in [0.29, 0.717) is 6.42 Å². The summed E-state index contributed by atoms with van der Waals surface area (Å²) in [4.78, 5) is 11.9. The Morgan fingerprint density at radius 1 is 1.37 bits per heavy atom. The van der Waals surface area contributed by atoms with E-state index in [9.17, 15) is 4.79 Å². The lowest BCUT2D eigenvalue weighted by Gasteiger charge is -2.17. The number of nitrogens with one attached hydrogen (secondary N) is 1. The maximum Gasteiger partial charge on any atom is 0.237 e. The molecule has 3 N–H and O–H groups in total.